The van der Waals surface area contributed by atoms with Crippen molar-refractivity contribution in [1.82, 2.24) is 14.5 Å². The van der Waals surface area contributed by atoms with E-state index in [1.165, 1.54) is 7.11 Å². The normalized spacial score (nSPS) is 16.4. The lowest BCUT2D eigenvalue weighted by Gasteiger charge is -2.19. The maximum atomic E-state index is 15.6. The number of nitrogens with two attached hydrogens (primary N) is 1. The number of nitrogen functional groups attached to an aromatic ring is 1. The summed E-state index contributed by atoms with van der Waals surface area (Å²) in [5.74, 6) is 0.0783. The van der Waals surface area contributed by atoms with Gasteiger partial charge in [0.15, 0.2) is 0 Å². The van der Waals surface area contributed by atoms with Crippen molar-refractivity contribution >= 4 is 31.3 Å². The monoisotopic (exact) mass is 606 g/mol. The van der Waals surface area contributed by atoms with Crippen LogP contribution in [-0.2, 0) is 27.4 Å². The van der Waals surface area contributed by atoms with E-state index < -0.39 is 14.2 Å². The van der Waals surface area contributed by atoms with Crippen molar-refractivity contribution in [2.75, 3.05) is 19.5 Å². The van der Waals surface area contributed by atoms with Gasteiger partial charge >= 0.3 is 5.97 Å². The van der Waals surface area contributed by atoms with Crippen LogP contribution in [0.15, 0.2) is 60.9 Å². The van der Waals surface area contributed by atoms with Gasteiger partial charge in [0, 0.05) is 48.3 Å². The number of imidazole rings is 1. The van der Waals surface area contributed by atoms with E-state index in [0.717, 1.165) is 34.0 Å². The molecule has 0 radical (unpaired) electrons. The third-order valence-electron chi connectivity index (χ3n) is 7.63. The van der Waals surface area contributed by atoms with Crippen molar-refractivity contribution in [3.63, 3.8) is 0 Å². The van der Waals surface area contributed by atoms with Crippen molar-refractivity contribution in [3.8, 4) is 22.4 Å². The molecular formula is C32H36ClFN4O3Si. The molecule has 42 heavy (non-hydrogen) atoms. The number of benzene rings is 2. The Morgan fingerprint density at radius 2 is 1.86 bits per heavy atom. The second kappa shape index (κ2) is 12.4. The highest BCUT2D eigenvalue weighted by molar-refractivity contribution is 6.76. The number of rotatable bonds is 10. The van der Waals surface area contributed by atoms with Gasteiger partial charge in [0.05, 0.1) is 37.0 Å². The molecule has 0 aliphatic heterocycles. The predicted molar refractivity (Wildman–Crippen MR) is 167 cm³/mol. The molecule has 2 aromatic carbocycles. The van der Waals surface area contributed by atoms with Gasteiger partial charge in [-0.15, -0.1) is 0 Å². The van der Waals surface area contributed by atoms with Crippen LogP contribution in [0.3, 0.4) is 0 Å². The van der Waals surface area contributed by atoms with Crippen LogP contribution >= 0.6 is 11.6 Å². The Kier molecular flexibility index (Phi) is 8.82. The molecule has 2 unspecified atom stereocenters. The number of anilines is 1. The molecule has 4 aromatic rings. The molecule has 2 atom stereocenters. The molecule has 0 saturated carbocycles. The van der Waals surface area contributed by atoms with E-state index in [2.05, 4.69) is 19.6 Å². The zero-order chi connectivity index (χ0) is 30.0. The number of fused-ring (bicyclic) bond motifs is 1. The smallest absolute Gasteiger partial charge is 0.309 e. The number of carbonyl (C=O) groups is 1. The Bertz CT molecular complexity index is 1590. The highest BCUT2D eigenvalue weighted by Crippen LogP contribution is 2.46. The van der Waals surface area contributed by atoms with Crippen molar-refractivity contribution < 1.29 is 18.7 Å². The van der Waals surface area contributed by atoms with Crippen molar-refractivity contribution in [2.24, 2.45) is 0 Å². The first-order valence-electron chi connectivity index (χ1n) is 14.0. The van der Waals surface area contributed by atoms with Crippen molar-refractivity contribution in [1.29, 1.82) is 0 Å². The van der Waals surface area contributed by atoms with E-state index in [1.54, 1.807) is 30.6 Å². The maximum absolute atomic E-state index is 15.6. The van der Waals surface area contributed by atoms with E-state index in [9.17, 15) is 4.79 Å². The highest BCUT2D eigenvalue weighted by Gasteiger charge is 2.37. The van der Waals surface area contributed by atoms with E-state index in [0.29, 0.717) is 41.1 Å². The Morgan fingerprint density at radius 3 is 2.57 bits per heavy atom. The molecule has 2 heterocycles. The summed E-state index contributed by atoms with van der Waals surface area (Å²) < 4.78 is 28.6. The number of esters is 1. The number of hydrogen-bond acceptors (Lipinski definition) is 6. The first kappa shape index (κ1) is 29.9. The fourth-order valence-corrected chi connectivity index (χ4v) is 6.16. The van der Waals surface area contributed by atoms with Gasteiger partial charge in [-0.2, -0.15) is 0 Å². The third kappa shape index (κ3) is 6.58. The molecule has 0 spiro atoms. The fraction of sp³-hybridized carbons (Fsp3) is 0.344. The van der Waals surface area contributed by atoms with Crippen LogP contribution in [0.1, 0.15) is 41.2 Å². The first-order valence-corrected chi connectivity index (χ1v) is 18.1. The number of carbonyl (C=O) groups excluding carboxylic acids is 1. The first-order chi connectivity index (χ1) is 20.0. The summed E-state index contributed by atoms with van der Waals surface area (Å²) in [5, 5.41) is 0.552. The van der Waals surface area contributed by atoms with Crippen LogP contribution in [-0.4, -0.2) is 42.3 Å². The lowest BCUT2D eigenvalue weighted by Crippen LogP contribution is -2.22. The molecular weight excluding hydrogens is 571 g/mol. The number of ether oxygens (including phenoxy) is 2. The van der Waals surface area contributed by atoms with Gasteiger partial charge in [-0.25, -0.2) is 9.37 Å². The average Bonchev–Trinajstić information content (AvgIpc) is 3.52. The number of hydrogen-bond donors (Lipinski definition) is 1. The zero-order valence-electron chi connectivity index (χ0n) is 24.4. The standard InChI is InChI=1S/C32H36ClFN4O3Si/c1-40-30(39)13-20-5-7-21(8-6-20)29-18-37-32(38(29)19-41-11-12-42(2,3)4)26-16-27(34)25-14-22(17-36-31(25)26)24-15-23(33)9-10-28(24)35/h5-10,14-15,17-18,26-27H,11-13,16,19,35H2,1-4H3. The summed E-state index contributed by atoms with van der Waals surface area (Å²) >= 11 is 6.21. The molecule has 0 fully saturated rings. The number of pyridine rings is 1. The summed E-state index contributed by atoms with van der Waals surface area (Å²) in [7, 11) is 0.0982. The molecule has 1 aliphatic carbocycles. The van der Waals surface area contributed by atoms with Gasteiger partial charge in [-0.05, 0) is 47.9 Å². The van der Waals surface area contributed by atoms with Gasteiger partial charge in [-0.1, -0.05) is 55.5 Å². The van der Waals surface area contributed by atoms with Crippen LogP contribution in [0.4, 0.5) is 10.1 Å². The minimum atomic E-state index is -1.28. The van der Waals surface area contributed by atoms with Gasteiger partial charge in [0.2, 0.25) is 0 Å². The summed E-state index contributed by atoms with van der Waals surface area (Å²) in [6.07, 6.45) is 2.77. The number of alkyl halides is 1. The molecule has 0 amide bonds. The largest absolute Gasteiger partial charge is 0.469 e. The number of halogens is 2. The molecule has 2 aromatic heterocycles. The van der Waals surface area contributed by atoms with E-state index in [-0.39, 0.29) is 24.7 Å². The SMILES string of the molecule is COC(=O)Cc1ccc(-c2cnc(C3CC(F)c4cc(-c5cc(Cl)ccc5N)cnc43)n2COCC[Si](C)(C)C)cc1. The Morgan fingerprint density at radius 1 is 1.10 bits per heavy atom. The zero-order valence-corrected chi connectivity index (χ0v) is 26.1. The fourth-order valence-electron chi connectivity index (χ4n) is 5.23. The van der Waals surface area contributed by atoms with E-state index in [4.69, 9.17) is 36.8 Å². The second-order valence-electron chi connectivity index (χ2n) is 11.9. The van der Waals surface area contributed by atoms with Crippen molar-refractivity contribution in [3.05, 3.63) is 88.6 Å². The Balaban J connectivity index is 1.49. The van der Waals surface area contributed by atoms with Crippen LogP contribution in [0.5, 0.6) is 0 Å². The topological polar surface area (TPSA) is 92.3 Å². The van der Waals surface area contributed by atoms with Gasteiger partial charge in [0.25, 0.3) is 0 Å². The summed E-state index contributed by atoms with van der Waals surface area (Å²) in [5.41, 5.74) is 12.0. The summed E-state index contributed by atoms with van der Waals surface area (Å²) in [6, 6.07) is 15.8. The minimum Gasteiger partial charge on any atom is -0.469 e. The molecule has 1 aliphatic rings. The molecule has 0 saturated heterocycles. The molecule has 0 bridgehead atoms. The molecule has 220 valence electrons. The molecule has 7 nitrogen and oxygen atoms in total. The highest BCUT2D eigenvalue weighted by atomic mass is 35.5. The minimum absolute atomic E-state index is 0.201. The van der Waals surface area contributed by atoms with Gasteiger partial charge in [-0.3, -0.25) is 9.78 Å². The van der Waals surface area contributed by atoms with Gasteiger partial charge in [0.1, 0.15) is 18.7 Å². The van der Waals surface area contributed by atoms with Crippen LogP contribution < -0.4 is 5.73 Å². The average molecular weight is 607 g/mol. The molecule has 10 heteroatoms. The molecule has 5 rings (SSSR count). The number of nitrogens with zero attached hydrogens (tertiary/aromatic N) is 3. The maximum Gasteiger partial charge on any atom is 0.309 e. The van der Waals surface area contributed by atoms with Crippen LogP contribution in [0, 0.1) is 0 Å². The molecule has 2 N–H and O–H groups in total. The predicted octanol–water partition coefficient (Wildman–Crippen LogP) is 7.42. The lowest BCUT2D eigenvalue weighted by atomic mass is 10.0. The number of aromatic nitrogens is 3. The van der Waals surface area contributed by atoms with E-state index in [1.807, 2.05) is 34.9 Å². The van der Waals surface area contributed by atoms with Crippen molar-refractivity contribution in [2.45, 2.75) is 57.3 Å². The second-order valence-corrected chi connectivity index (χ2v) is 18.0. The Labute approximate surface area is 251 Å². The lowest BCUT2D eigenvalue weighted by molar-refractivity contribution is -0.139. The van der Waals surface area contributed by atoms with Gasteiger partial charge < -0.3 is 19.8 Å². The summed E-state index contributed by atoms with van der Waals surface area (Å²) in [4.78, 5) is 21.3. The summed E-state index contributed by atoms with van der Waals surface area (Å²) in [6.45, 7) is 7.87. The third-order valence-corrected chi connectivity index (χ3v) is 9.57. The quantitative estimate of drug-likeness (QED) is 0.0874. The number of methoxy groups -OCH3 is 1. The van der Waals surface area contributed by atoms with Crippen LogP contribution in [0.2, 0.25) is 30.7 Å². The van der Waals surface area contributed by atoms with E-state index >= 15 is 4.39 Å². The van der Waals surface area contributed by atoms with Crippen LogP contribution in [0.25, 0.3) is 22.4 Å². The Hall–Kier alpha value is -3.53.